The number of carboxylic acid groups (broad SMARTS) is 1. The number of urea groups is 1. The molecular formula is C14H13N3O3. The Kier molecular flexibility index (Phi) is 3.44. The SMILES string of the molecule is CC1=C(C#N)C(c2ccc(C)cc2)N(C(=O)O)C(=O)N1. The minimum Gasteiger partial charge on any atom is -0.465 e. The molecule has 0 aromatic heterocycles. The summed E-state index contributed by atoms with van der Waals surface area (Å²) in [4.78, 5) is 23.8. The van der Waals surface area contributed by atoms with Gasteiger partial charge in [-0.25, -0.2) is 14.5 Å². The molecule has 3 amide bonds. The number of nitrogens with zero attached hydrogens (tertiary/aromatic N) is 2. The third-order valence-electron chi connectivity index (χ3n) is 3.17. The summed E-state index contributed by atoms with van der Waals surface area (Å²) in [6, 6.07) is 7.39. The molecule has 2 rings (SSSR count). The Morgan fingerprint density at radius 1 is 1.35 bits per heavy atom. The van der Waals surface area contributed by atoms with Crippen molar-refractivity contribution in [2.45, 2.75) is 19.9 Å². The smallest absolute Gasteiger partial charge is 0.416 e. The number of hydrogen-bond acceptors (Lipinski definition) is 3. The largest absolute Gasteiger partial charge is 0.465 e. The third kappa shape index (κ3) is 2.21. The first-order chi connectivity index (χ1) is 9.45. The summed E-state index contributed by atoms with van der Waals surface area (Å²) >= 11 is 0. The van der Waals surface area contributed by atoms with E-state index in [-0.39, 0.29) is 5.57 Å². The molecule has 0 spiro atoms. The van der Waals surface area contributed by atoms with Gasteiger partial charge in [0.1, 0.15) is 6.04 Å². The number of allylic oxidation sites excluding steroid dienone is 1. The molecule has 1 heterocycles. The normalized spacial score (nSPS) is 18.6. The van der Waals surface area contributed by atoms with E-state index in [0.29, 0.717) is 16.2 Å². The van der Waals surface area contributed by atoms with Crippen LogP contribution in [-0.2, 0) is 0 Å². The van der Waals surface area contributed by atoms with E-state index >= 15 is 0 Å². The Hall–Kier alpha value is -2.81. The van der Waals surface area contributed by atoms with Gasteiger partial charge in [0.25, 0.3) is 0 Å². The van der Waals surface area contributed by atoms with Crippen LogP contribution in [0.3, 0.4) is 0 Å². The number of nitriles is 1. The monoisotopic (exact) mass is 271 g/mol. The van der Waals surface area contributed by atoms with Crippen LogP contribution < -0.4 is 5.32 Å². The number of nitrogens with one attached hydrogen (secondary N) is 1. The molecule has 0 saturated carbocycles. The molecule has 0 aliphatic carbocycles. The van der Waals surface area contributed by atoms with E-state index in [9.17, 15) is 20.0 Å². The molecule has 102 valence electrons. The quantitative estimate of drug-likeness (QED) is 0.820. The van der Waals surface area contributed by atoms with Crippen molar-refractivity contribution in [1.82, 2.24) is 10.2 Å². The lowest BCUT2D eigenvalue weighted by Gasteiger charge is -2.32. The van der Waals surface area contributed by atoms with Crippen LogP contribution in [0.2, 0.25) is 0 Å². The summed E-state index contributed by atoms with van der Waals surface area (Å²) in [5, 5.41) is 20.9. The van der Waals surface area contributed by atoms with Crippen molar-refractivity contribution in [2.75, 3.05) is 0 Å². The number of carbonyl (C=O) groups excluding carboxylic acids is 1. The summed E-state index contributed by atoms with van der Waals surface area (Å²) in [7, 11) is 0. The van der Waals surface area contributed by atoms with Crippen molar-refractivity contribution >= 4 is 12.1 Å². The zero-order chi connectivity index (χ0) is 14.9. The zero-order valence-electron chi connectivity index (χ0n) is 11.0. The standard InChI is InChI=1S/C14H13N3O3/c1-8-3-5-10(6-4-8)12-11(7-15)9(2)16-13(18)17(12)14(19)20/h3-6,12H,1-2H3,(H,16,18)(H,19,20). The van der Waals surface area contributed by atoms with Gasteiger partial charge in [-0.2, -0.15) is 5.26 Å². The van der Waals surface area contributed by atoms with E-state index in [0.717, 1.165) is 5.56 Å². The first kappa shape index (κ1) is 13.6. The van der Waals surface area contributed by atoms with Gasteiger partial charge in [-0.1, -0.05) is 29.8 Å². The van der Waals surface area contributed by atoms with E-state index < -0.39 is 18.2 Å². The van der Waals surface area contributed by atoms with Crippen LogP contribution in [0.4, 0.5) is 9.59 Å². The molecule has 0 fully saturated rings. The molecule has 1 aromatic rings. The summed E-state index contributed by atoms with van der Waals surface area (Å²) in [6.07, 6.45) is -1.40. The minimum atomic E-state index is -1.40. The Morgan fingerprint density at radius 3 is 2.45 bits per heavy atom. The van der Waals surface area contributed by atoms with Gasteiger partial charge in [0.15, 0.2) is 0 Å². The van der Waals surface area contributed by atoms with Gasteiger partial charge in [-0.05, 0) is 19.4 Å². The summed E-state index contributed by atoms with van der Waals surface area (Å²) in [5.41, 5.74) is 2.19. The first-order valence-corrected chi connectivity index (χ1v) is 5.96. The van der Waals surface area contributed by atoms with Gasteiger partial charge < -0.3 is 10.4 Å². The van der Waals surface area contributed by atoms with Crippen molar-refractivity contribution in [3.63, 3.8) is 0 Å². The molecule has 0 bridgehead atoms. The molecule has 2 N–H and O–H groups in total. The Balaban J connectivity index is 2.60. The zero-order valence-corrected chi connectivity index (χ0v) is 11.0. The highest BCUT2D eigenvalue weighted by Gasteiger charge is 2.38. The second kappa shape index (κ2) is 5.05. The third-order valence-corrected chi connectivity index (χ3v) is 3.17. The molecule has 1 atom stereocenters. The fraction of sp³-hybridized carbons (Fsp3) is 0.214. The summed E-state index contributed by atoms with van der Waals surface area (Å²) in [6.45, 7) is 3.48. The van der Waals surface area contributed by atoms with Crippen LogP contribution in [0.15, 0.2) is 35.5 Å². The number of hydrogen-bond donors (Lipinski definition) is 2. The fourth-order valence-corrected chi connectivity index (χ4v) is 2.15. The predicted octanol–water partition coefficient (Wildman–Crippen LogP) is 2.54. The fourth-order valence-electron chi connectivity index (χ4n) is 2.15. The number of benzene rings is 1. The molecule has 1 aliphatic rings. The Morgan fingerprint density at radius 2 is 1.95 bits per heavy atom. The maximum absolute atomic E-state index is 11.8. The van der Waals surface area contributed by atoms with Crippen molar-refractivity contribution in [3.8, 4) is 6.07 Å². The lowest BCUT2D eigenvalue weighted by Crippen LogP contribution is -2.49. The van der Waals surface area contributed by atoms with Crippen molar-refractivity contribution in [2.24, 2.45) is 0 Å². The van der Waals surface area contributed by atoms with E-state index in [1.807, 2.05) is 25.1 Å². The second-order valence-electron chi connectivity index (χ2n) is 4.55. The molecule has 0 radical (unpaired) electrons. The highest BCUT2D eigenvalue weighted by molar-refractivity contribution is 5.93. The lowest BCUT2D eigenvalue weighted by atomic mass is 9.94. The molecule has 6 heteroatoms. The van der Waals surface area contributed by atoms with Crippen molar-refractivity contribution in [3.05, 3.63) is 46.7 Å². The van der Waals surface area contributed by atoms with Crippen molar-refractivity contribution in [1.29, 1.82) is 5.26 Å². The van der Waals surface area contributed by atoms with Gasteiger partial charge in [-0.15, -0.1) is 0 Å². The van der Waals surface area contributed by atoms with Crippen LogP contribution in [0.1, 0.15) is 24.1 Å². The summed E-state index contributed by atoms with van der Waals surface area (Å²) in [5.74, 6) is 0. The van der Waals surface area contributed by atoms with E-state index in [4.69, 9.17) is 0 Å². The van der Waals surface area contributed by atoms with Gasteiger partial charge in [0, 0.05) is 5.70 Å². The molecule has 6 nitrogen and oxygen atoms in total. The molecular weight excluding hydrogens is 258 g/mol. The maximum atomic E-state index is 11.8. The molecule has 1 unspecified atom stereocenters. The van der Waals surface area contributed by atoms with Gasteiger partial charge >= 0.3 is 12.1 Å². The molecule has 1 aromatic carbocycles. The lowest BCUT2D eigenvalue weighted by molar-refractivity contribution is 0.136. The average molecular weight is 271 g/mol. The topological polar surface area (TPSA) is 93.4 Å². The number of carbonyl (C=O) groups is 2. The van der Waals surface area contributed by atoms with Gasteiger partial charge in [0.2, 0.25) is 0 Å². The molecule has 0 saturated heterocycles. The minimum absolute atomic E-state index is 0.218. The predicted molar refractivity (Wildman–Crippen MR) is 70.6 cm³/mol. The van der Waals surface area contributed by atoms with E-state index in [1.165, 1.54) is 0 Å². The molecule has 1 aliphatic heterocycles. The first-order valence-electron chi connectivity index (χ1n) is 5.96. The van der Waals surface area contributed by atoms with Crippen molar-refractivity contribution < 1.29 is 14.7 Å². The summed E-state index contributed by atoms with van der Waals surface area (Å²) < 4.78 is 0. The van der Waals surface area contributed by atoms with Crippen LogP contribution in [-0.4, -0.2) is 22.1 Å². The van der Waals surface area contributed by atoms with Crippen LogP contribution >= 0.6 is 0 Å². The Labute approximate surface area is 115 Å². The number of aryl methyl sites for hydroxylation is 1. The van der Waals surface area contributed by atoms with Gasteiger partial charge in [-0.3, -0.25) is 0 Å². The molecule has 20 heavy (non-hydrogen) atoms. The van der Waals surface area contributed by atoms with Crippen LogP contribution in [0, 0.1) is 18.3 Å². The van der Waals surface area contributed by atoms with E-state index in [1.54, 1.807) is 19.1 Å². The number of imide groups is 1. The maximum Gasteiger partial charge on any atom is 0.416 e. The number of amides is 3. The Bertz CT molecular complexity index is 641. The number of rotatable bonds is 1. The van der Waals surface area contributed by atoms with Crippen LogP contribution in [0.5, 0.6) is 0 Å². The second-order valence-corrected chi connectivity index (χ2v) is 4.55. The van der Waals surface area contributed by atoms with Crippen LogP contribution in [0.25, 0.3) is 0 Å². The highest BCUT2D eigenvalue weighted by Crippen LogP contribution is 2.33. The van der Waals surface area contributed by atoms with Gasteiger partial charge in [0.05, 0.1) is 11.6 Å². The van der Waals surface area contributed by atoms with E-state index in [2.05, 4.69) is 5.32 Å². The average Bonchev–Trinajstić information content (AvgIpc) is 2.38. The highest BCUT2D eigenvalue weighted by atomic mass is 16.4.